The molecule has 0 amide bonds. The average molecular weight is 124 g/mol. The van der Waals surface area contributed by atoms with Gasteiger partial charge in [0, 0.05) is 7.05 Å². The van der Waals surface area contributed by atoms with Gasteiger partial charge in [-0.05, 0) is 6.08 Å². The number of carbonyl (C=O) groups is 1. The molecule has 0 aliphatic carbocycles. The molecule has 48 valence electrons. The molecule has 3 heteroatoms. The summed E-state index contributed by atoms with van der Waals surface area (Å²) in [6, 6.07) is 0. The molecule has 9 heavy (non-hydrogen) atoms. The Kier molecular flexibility index (Phi) is 4.22. The Hall–Kier alpha value is -1.25. The molecule has 0 fully saturated rings. The van der Waals surface area contributed by atoms with E-state index in [2.05, 4.69) is 16.6 Å². The van der Waals surface area contributed by atoms with Gasteiger partial charge >= 0.3 is 0 Å². The molecule has 3 nitrogen and oxygen atoms in total. The van der Waals surface area contributed by atoms with Gasteiger partial charge in [-0.2, -0.15) is 0 Å². The molecule has 0 aromatic rings. The highest BCUT2D eigenvalue weighted by molar-refractivity contribution is 6.34. The van der Waals surface area contributed by atoms with E-state index in [9.17, 15) is 4.79 Å². The highest BCUT2D eigenvalue weighted by Crippen LogP contribution is 1.71. The maximum Gasteiger partial charge on any atom is 0.168 e. The number of aliphatic imine (C=N–C) groups is 2. The van der Waals surface area contributed by atoms with E-state index >= 15 is 0 Å². The Bertz CT molecular complexity index is 148. The highest BCUT2D eigenvalue weighted by Gasteiger charge is 1.82. The number of nitrogens with zero attached hydrogens (tertiary/aromatic N) is 2. The molecule has 0 bridgehead atoms. The van der Waals surface area contributed by atoms with Crippen LogP contribution < -0.4 is 0 Å². The van der Waals surface area contributed by atoms with E-state index in [-0.39, 0.29) is 0 Å². The highest BCUT2D eigenvalue weighted by atomic mass is 16.1. The fourth-order valence-electron chi connectivity index (χ4n) is 0.256. The number of aldehydes is 1. The van der Waals surface area contributed by atoms with Crippen molar-refractivity contribution in [2.24, 2.45) is 9.98 Å². The maximum absolute atomic E-state index is 9.98. The fourth-order valence-corrected chi connectivity index (χ4v) is 0.256. The lowest BCUT2D eigenvalue weighted by atomic mass is 10.4. The van der Waals surface area contributed by atoms with Crippen LogP contribution >= 0.6 is 0 Å². The first-order valence-corrected chi connectivity index (χ1v) is 2.41. The standard InChI is InChI=1S/C6H8N2O/c1-3-6(4-9)8-5-7-2/h3-5H,1H2,2H3. The van der Waals surface area contributed by atoms with E-state index in [4.69, 9.17) is 0 Å². The van der Waals surface area contributed by atoms with Crippen LogP contribution in [0.4, 0.5) is 0 Å². The first-order chi connectivity index (χ1) is 4.35. The van der Waals surface area contributed by atoms with Crippen LogP contribution in [0.1, 0.15) is 0 Å². The second kappa shape index (κ2) is 4.90. The Balaban J connectivity index is 4.06. The number of rotatable bonds is 3. The van der Waals surface area contributed by atoms with E-state index in [1.54, 1.807) is 7.05 Å². The van der Waals surface area contributed by atoms with Crippen molar-refractivity contribution in [2.45, 2.75) is 0 Å². The summed E-state index contributed by atoms with van der Waals surface area (Å²) in [5.41, 5.74) is 0.292. The van der Waals surface area contributed by atoms with Crippen LogP contribution in [0, 0.1) is 0 Å². The van der Waals surface area contributed by atoms with E-state index < -0.39 is 0 Å². The Morgan fingerprint density at radius 1 is 1.67 bits per heavy atom. The first-order valence-electron chi connectivity index (χ1n) is 2.41. The minimum atomic E-state index is 0.292. The molecule has 0 saturated carbocycles. The van der Waals surface area contributed by atoms with E-state index in [1.807, 2.05) is 0 Å². The van der Waals surface area contributed by atoms with Gasteiger partial charge in [-0.1, -0.05) is 6.58 Å². The van der Waals surface area contributed by atoms with Gasteiger partial charge in [0.15, 0.2) is 6.29 Å². The molecule has 0 aromatic heterocycles. The summed E-state index contributed by atoms with van der Waals surface area (Å²) in [4.78, 5) is 17.1. The quantitative estimate of drug-likeness (QED) is 0.306. The summed E-state index contributed by atoms with van der Waals surface area (Å²) in [7, 11) is 1.58. The number of carbonyl (C=O) groups excluding carboxylic acids is 1. The topological polar surface area (TPSA) is 41.8 Å². The zero-order chi connectivity index (χ0) is 7.11. The normalized spacial score (nSPS) is 11.9. The smallest absolute Gasteiger partial charge is 0.168 e. The lowest BCUT2D eigenvalue weighted by Gasteiger charge is -1.79. The third-order valence-corrected chi connectivity index (χ3v) is 0.652. The van der Waals surface area contributed by atoms with Crippen molar-refractivity contribution >= 4 is 18.3 Å². The molecule has 0 radical (unpaired) electrons. The molecule has 0 spiro atoms. The van der Waals surface area contributed by atoms with Gasteiger partial charge in [-0.3, -0.25) is 9.79 Å². The van der Waals surface area contributed by atoms with Gasteiger partial charge in [-0.25, -0.2) is 4.99 Å². The first kappa shape index (κ1) is 7.75. The summed E-state index contributed by atoms with van der Waals surface area (Å²) in [6.07, 6.45) is 3.29. The van der Waals surface area contributed by atoms with Crippen molar-refractivity contribution in [1.82, 2.24) is 0 Å². The van der Waals surface area contributed by atoms with Crippen molar-refractivity contribution in [1.29, 1.82) is 0 Å². The van der Waals surface area contributed by atoms with Crippen LogP contribution in [0.2, 0.25) is 0 Å². The molecular weight excluding hydrogens is 116 g/mol. The molecule has 0 atom stereocenters. The van der Waals surface area contributed by atoms with Crippen LogP contribution in [0.15, 0.2) is 22.6 Å². The predicted octanol–water partition coefficient (Wildman–Crippen LogP) is 0.470. The summed E-state index contributed by atoms with van der Waals surface area (Å²) in [6.45, 7) is 3.36. The average Bonchev–Trinajstić information content (AvgIpc) is 1.91. The summed E-state index contributed by atoms with van der Waals surface area (Å²) >= 11 is 0. The number of hydrogen-bond acceptors (Lipinski definition) is 2. The van der Waals surface area contributed by atoms with E-state index in [1.165, 1.54) is 12.4 Å². The summed E-state index contributed by atoms with van der Waals surface area (Å²) in [5.74, 6) is 0. The second-order valence-corrected chi connectivity index (χ2v) is 1.25. The fraction of sp³-hybridized carbons (Fsp3) is 0.167. The molecule has 0 saturated heterocycles. The largest absolute Gasteiger partial charge is 0.296 e. The van der Waals surface area contributed by atoms with Gasteiger partial charge < -0.3 is 0 Å². The maximum atomic E-state index is 9.98. The van der Waals surface area contributed by atoms with Gasteiger partial charge in [0.1, 0.15) is 12.1 Å². The molecule has 0 aromatic carbocycles. The van der Waals surface area contributed by atoms with Crippen LogP contribution in [0.3, 0.4) is 0 Å². The van der Waals surface area contributed by atoms with Gasteiger partial charge in [0.25, 0.3) is 0 Å². The predicted molar refractivity (Wildman–Crippen MR) is 38.1 cm³/mol. The zero-order valence-corrected chi connectivity index (χ0v) is 5.24. The molecule has 0 unspecified atom stereocenters. The van der Waals surface area contributed by atoms with Gasteiger partial charge in [-0.15, -0.1) is 0 Å². The number of allylic oxidation sites excluding steroid dienone is 1. The minimum absolute atomic E-state index is 0.292. The third kappa shape index (κ3) is 3.34. The minimum Gasteiger partial charge on any atom is -0.296 e. The lowest BCUT2D eigenvalue weighted by Crippen LogP contribution is -1.92. The van der Waals surface area contributed by atoms with Crippen molar-refractivity contribution in [2.75, 3.05) is 7.05 Å². The Morgan fingerprint density at radius 2 is 2.33 bits per heavy atom. The molecule has 0 aliphatic rings. The van der Waals surface area contributed by atoms with Gasteiger partial charge in [0.2, 0.25) is 0 Å². The van der Waals surface area contributed by atoms with Crippen molar-refractivity contribution in [3.8, 4) is 0 Å². The van der Waals surface area contributed by atoms with E-state index in [0.29, 0.717) is 12.0 Å². The molecule has 0 aliphatic heterocycles. The zero-order valence-electron chi connectivity index (χ0n) is 5.24. The second-order valence-electron chi connectivity index (χ2n) is 1.25. The van der Waals surface area contributed by atoms with Crippen LogP contribution in [0.25, 0.3) is 0 Å². The molecule has 0 rings (SSSR count). The third-order valence-electron chi connectivity index (χ3n) is 0.652. The Labute approximate surface area is 53.8 Å². The van der Waals surface area contributed by atoms with Crippen LogP contribution in [-0.4, -0.2) is 25.4 Å². The summed E-state index contributed by atoms with van der Waals surface area (Å²) in [5, 5.41) is 0. The monoisotopic (exact) mass is 124 g/mol. The molecular formula is C6H8N2O. The molecule has 0 heterocycles. The van der Waals surface area contributed by atoms with Crippen LogP contribution in [-0.2, 0) is 4.79 Å². The lowest BCUT2D eigenvalue weighted by molar-refractivity contribution is -0.102. The van der Waals surface area contributed by atoms with E-state index in [0.717, 1.165) is 0 Å². The van der Waals surface area contributed by atoms with Crippen molar-refractivity contribution in [3.05, 3.63) is 12.7 Å². The van der Waals surface area contributed by atoms with Crippen molar-refractivity contribution in [3.63, 3.8) is 0 Å². The Morgan fingerprint density at radius 3 is 2.67 bits per heavy atom. The molecule has 0 N–H and O–H groups in total. The number of hydrogen-bond donors (Lipinski definition) is 0. The van der Waals surface area contributed by atoms with Crippen LogP contribution in [0.5, 0.6) is 0 Å². The summed E-state index contributed by atoms with van der Waals surface area (Å²) < 4.78 is 0. The SMILES string of the molecule is C=CC(C=O)=NC=NC. The van der Waals surface area contributed by atoms with Crippen molar-refractivity contribution < 1.29 is 4.79 Å². The van der Waals surface area contributed by atoms with Gasteiger partial charge in [0.05, 0.1) is 0 Å².